The third-order valence-corrected chi connectivity index (χ3v) is 3.66. The van der Waals surface area contributed by atoms with E-state index in [9.17, 15) is 5.11 Å². The molecule has 96 valence electrons. The smallest absolute Gasteiger partial charge is 0.170 e. The van der Waals surface area contributed by atoms with E-state index < -0.39 is 0 Å². The van der Waals surface area contributed by atoms with Gasteiger partial charge in [0.05, 0.1) is 18.4 Å². The minimum absolute atomic E-state index is 0.0641. The molecule has 0 aliphatic carbocycles. The van der Waals surface area contributed by atoms with Gasteiger partial charge in [-0.25, -0.2) is 0 Å². The van der Waals surface area contributed by atoms with Crippen molar-refractivity contribution in [2.24, 2.45) is 7.05 Å². The molecule has 0 aliphatic heterocycles. The predicted molar refractivity (Wildman–Crippen MR) is 73.7 cm³/mol. The van der Waals surface area contributed by atoms with Crippen LogP contribution >= 0.6 is 15.9 Å². The number of hydrogen-bond donors (Lipinski definition) is 2. The molecule has 2 rings (SSSR count). The van der Waals surface area contributed by atoms with Crippen molar-refractivity contribution in [3.05, 3.63) is 22.2 Å². The number of phenolic OH excluding ortho intramolecular Hbond substituents is 1. The van der Waals surface area contributed by atoms with Crippen molar-refractivity contribution in [2.75, 3.05) is 12.8 Å². The first-order chi connectivity index (χ1) is 8.45. The molecule has 0 unspecified atom stereocenters. The molecule has 5 nitrogen and oxygen atoms in total. The van der Waals surface area contributed by atoms with E-state index in [1.807, 2.05) is 6.92 Å². The Morgan fingerprint density at radius 3 is 2.61 bits per heavy atom. The van der Waals surface area contributed by atoms with E-state index in [2.05, 4.69) is 21.0 Å². The van der Waals surface area contributed by atoms with Gasteiger partial charge in [0.15, 0.2) is 11.5 Å². The summed E-state index contributed by atoms with van der Waals surface area (Å²) in [6.45, 7) is 1.92. The summed E-state index contributed by atoms with van der Waals surface area (Å²) in [6, 6.07) is 3.35. The third-order valence-electron chi connectivity index (χ3n) is 2.83. The molecule has 6 heteroatoms. The number of benzene rings is 1. The van der Waals surface area contributed by atoms with Crippen LogP contribution in [0.5, 0.6) is 11.5 Å². The number of nitrogens with zero attached hydrogens (tertiary/aromatic N) is 2. The molecule has 3 N–H and O–H groups in total. The van der Waals surface area contributed by atoms with Crippen LogP contribution in [0.3, 0.4) is 0 Å². The lowest BCUT2D eigenvalue weighted by molar-refractivity contribution is 0.374. The van der Waals surface area contributed by atoms with Crippen LogP contribution in [-0.2, 0) is 7.05 Å². The van der Waals surface area contributed by atoms with E-state index in [0.29, 0.717) is 17.3 Å². The maximum absolute atomic E-state index is 9.91. The zero-order valence-corrected chi connectivity index (χ0v) is 11.9. The number of nitrogens with two attached hydrogens (primary N) is 1. The standard InChI is InChI=1S/C12H14BrN3O2/c1-6-7(13)4-9(17)12(18-3)11(6)8-5-10(14)16(2)15-8/h4-5,17H,14H2,1-3H3. The number of aromatic nitrogens is 2. The molecule has 0 aliphatic rings. The van der Waals surface area contributed by atoms with Crippen molar-refractivity contribution in [2.45, 2.75) is 6.92 Å². The number of halogens is 1. The Balaban J connectivity index is 2.76. The Morgan fingerprint density at radius 1 is 1.44 bits per heavy atom. The highest BCUT2D eigenvalue weighted by atomic mass is 79.9. The van der Waals surface area contributed by atoms with E-state index in [-0.39, 0.29) is 5.75 Å². The van der Waals surface area contributed by atoms with Gasteiger partial charge < -0.3 is 15.6 Å². The topological polar surface area (TPSA) is 73.3 Å². The van der Waals surface area contributed by atoms with Gasteiger partial charge in [-0.15, -0.1) is 0 Å². The summed E-state index contributed by atoms with van der Waals surface area (Å²) in [5.74, 6) is 1.01. The number of aromatic hydroxyl groups is 1. The molecule has 18 heavy (non-hydrogen) atoms. The quantitative estimate of drug-likeness (QED) is 0.893. The average molecular weight is 312 g/mol. The first kappa shape index (κ1) is 12.8. The highest BCUT2D eigenvalue weighted by Crippen LogP contribution is 2.43. The third kappa shape index (κ3) is 1.92. The lowest BCUT2D eigenvalue weighted by Crippen LogP contribution is -1.97. The van der Waals surface area contributed by atoms with Gasteiger partial charge in [-0.1, -0.05) is 15.9 Å². The summed E-state index contributed by atoms with van der Waals surface area (Å²) >= 11 is 3.40. The maximum atomic E-state index is 9.91. The van der Waals surface area contributed by atoms with Crippen molar-refractivity contribution in [1.82, 2.24) is 9.78 Å². The molecule has 0 spiro atoms. The van der Waals surface area contributed by atoms with Crippen molar-refractivity contribution < 1.29 is 9.84 Å². The first-order valence-electron chi connectivity index (χ1n) is 5.31. The second kappa shape index (κ2) is 4.53. The van der Waals surface area contributed by atoms with Gasteiger partial charge in [0, 0.05) is 17.6 Å². The fourth-order valence-corrected chi connectivity index (χ4v) is 2.25. The van der Waals surface area contributed by atoms with Crippen LogP contribution in [0.4, 0.5) is 5.82 Å². The Morgan fingerprint density at radius 2 is 2.11 bits per heavy atom. The molecule has 1 aromatic heterocycles. The number of methoxy groups -OCH3 is 1. The SMILES string of the molecule is COc1c(O)cc(Br)c(C)c1-c1cc(N)n(C)n1. The van der Waals surface area contributed by atoms with Gasteiger partial charge in [-0.05, 0) is 18.6 Å². The highest BCUT2D eigenvalue weighted by molar-refractivity contribution is 9.10. The van der Waals surface area contributed by atoms with Gasteiger partial charge >= 0.3 is 0 Å². The molecule has 0 fully saturated rings. The van der Waals surface area contributed by atoms with Crippen molar-refractivity contribution in [3.8, 4) is 22.8 Å². The monoisotopic (exact) mass is 311 g/mol. The molecule has 0 atom stereocenters. The zero-order chi connectivity index (χ0) is 13.4. The van der Waals surface area contributed by atoms with E-state index in [0.717, 1.165) is 15.6 Å². The normalized spacial score (nSPS) is 10.7. The number of nitrogen functional groups attached to an aromatic ring is 1. The van der Waals surface area contributed by atoms with Gasteiger partial charge in [-0.3, -0.25) is 4.68 Å². The second-order valence-electron chi connectivity index (χ2n) is 3.99. The molecule has 2 aromatic rings. The maximum Gasteiger partial charge on any atom is 0.170 e. The molecule has 0 saturated heterocycles. The van der Waals surface area contributed by atoms with Gasteiger partial charge in [0.2, 0.25) is 0 Å². The molecule has 0 amide bonds. The summed E-state index contributed by atoms with van der Waals surface area (Å²) in [5, 5.41) is 14.2. The lowest BCUT2D eigenvalue weighted by Gasteiger charge is -2.13. The van der Waals surface area contributed by atoms with Crippen molar-refractivity contribution in [3.63, 3.8) is 0 Å². The van der Waals surface area contributed by atoms with Crippen LogP contribution in [-0.4, -0.2) is 22.0 Å². The van der Waals surface area contributed by atoms with Gasteiger partial charge in [0.1, 0.15) is 5.82 Å². The Hall–Kier alpha value is -1.69. The molecular weight excluding hydrogens is 298 g/mol. The van der Waals surface area contributed by atoms with Crippen LogP contribution in [0.2, 0.25) is 0 Å². The van der Waals surface area contributed by atoms with Crippen molar-refractivity contribution >= 4 is 21.7 Å². The fraction of sp³-hybridized carbons (Fsp3) is 0.250. The average Bonchev–Trinajstić information content (AvgIpc) is 2.63. The van der Waals surface area contributed by atoms with Gasteiger partial charge in [-0.2, -0.15) is 5.10 Å². The number of rotatable bonds is 2. The van der Waals surface area contributed by atoms with Crippen LogP contribution in [0.1, 0.15) is 5.56 Å². The molecular formula is C12H14BrN3O2. The summed E-state index contributed by atoms with van der Waals surface area (Å²) in [5.41, 5.74) is 8.11. The number of phenols is 1. The van der Waals surface area contributed by atoms with E-state index in [1.165, 1.54) is 7.11 Å². The van der Waals surface area contributed by atoms with Gasteiger partial charge in [0.25, 0.3) is 0 Å². The number of anilines is 1. The summed E-state index contributed by atoms with van der Waals surface area (Å²) in [4.78, 5) is 0. The minimum Gasteiger partial charge on any atom is -0.504 e. The minimum atomic E-state index is 0.0641. The second-order valence-corrected chi connectivity index (χ2v) is 4.84. The summed E-state index contributed by atoms with van der Waals surface area (Å²) in [6.07, 6.45) is 0. The molecule has 0 bridgehead atoms. The molecule has 1 aromatic carbocycles. The number of ether oxygens (including phenoxy) is 1. The summed E-state index contributed by atoms with van der Waals surface area (Å²) < 4.78 is 7.62. The Kier molecular flexibility index (Phi) is 3.21. The largest absolute Gasteiger partial charge is 0.504 e. The van der Waals surface area contributed by atoms with Crippen LogP contribution in [0.25, 0.3) is 11.3 Å². The van der Waals surface area contributed by atoms with Crippen LogP contribution in [0.15, 0.2) is 16.6 Å². The summed E-state index contributed by atoms with van der Waals surface area (Å²) in [7, 11) is 3.27. The van der Waals surface area contributed by atoms with Crippen LogP contribution in [0, 0.1) is 6.92 Å². The first-order valence-corrected chi connectivity index (χ1v) is 6.11. The Labute approximate surface area is 113 Å². The number of aryl methyl sites for hydroxylation is 1. The molecule has 0 radical (unpaired) electrons. The molecule has 1 heterocycles. The predicted octanol–water partition coefficient (Wildman–Crippen LogP) is 2.45. The highest BCUT2D eigenvalue weighted by Gasteiger charge is 2.19. The van der Waals surface area contributed by atoms with E-state index >= 15 is 0 Å². The van der Waals surface area contributed by atoms with Crippen molar-refractivity contribution in [1.29, 1.82) is 0 Å². The zero-order valence-electron chi connectivity index (χ0n) is 10.4. The molecule has 0 saturated carbocycles. The van der Waals surface area contributed by atoms with Crippen LogP contribution < -0.4 is 10.5 Å². The Bertz CT molecular complexity index is 588. The lowest BCUT2D eigenvalue weighted by atomic mass is 10.0. The van der Waals surface area contributed by atoms with E-state index in [4.69, 9.17) is 10.5 Å². The number of hydrogen-bond acceptors (Lipinski definition) is 4. The fourth-order valence-electron chi connectivity index (χ4n) is 1.83. The van der Waals surface area contributed by atoms with E-state index in [1.54, 1.807) is 23.9 Å².